The van der Waals surface area contributed by atoms with Gasteiger partial charge in [-0.1, -0.05) is 17.9 Å². The molecule has 1 heterocycles. The van der Waals surface area contributed by atoms with Crippen molar-refractivity contribution in [3.05, 3.63) is 64.2 Å². The molecule has 0 saturated heterocycles. The smallest absolute Gasteiger partial charge is 0.335 e. The van der Waals surface area contributed by atoms with E-state index in [0.717, 1.165) is 6.26 Å². The van der Waals surface area contributed by atoms with Crippen LogP contribution in [0.3, 0.4) is 0 Å². The summed E-state index contributed by atoms with van der Waals surface area (Å²) < 4.78 is 4.63. The molecule has 1 aromatic carbocycles. The van der Waals surface area contributed by atoms with E-state index in [1.165, 1.54) is 12.1 Å². The maximum Gasteiger partial charge on any atom is 0.335 e. The number of carbonyl (C=O) groups is 1. The molecule has 1 amide bonds. The zero-order valence-electron chi connectivity index (χ0n) is 10.4. The second kappa shape index (κ2) is 6.36. The molecular weight excluding hydrogens is 258 g/mol. The molecule has 100 valence electrons. The molecule has 0 aliphatic heterocycles. The van der Waals surface area contributed by atoms with Gasteiger partial charge >= 0.3 is 5.63 Å². The molecule has 2 N–H and O–H groups in total. The van der Waals surface area contributed by atoms with Gasteiger partial charge in [-0.2, -0.15) is 0 Å². The number of hydrogen-bond acceptors (Lipinski definition) is 4. The van der Waals surface area contributed by atoms with Crippen LogP contribution in [0.15, 0.2) is 51.9 Å². The second-order valence-corrected chi connectivity index (χ2v) is 3.84. The SMILES string of the molecule is O=C(Nc1cccc(C#CCO)c1)c1ccc(=O)oc1. The summed E-state index contributed by atoms with van der Waals surface area (Å²) in [6, 6.07) is 9.46. The summed E-state index contributed by atoms with van der Waals surface area (Å²) in [6.07, 6.45) is 1.10. The van der Waals surface area contributed by atoms with Crippen LogP contribution in [0.25, 0.3) is 0 Å². The predicted octanol–water partition coefficient (Wildman–Crippen LogP) is 1.24. The van der Waals surface area contributed by atoms with Crippen molar-refractivity contribution in [1.82, 2.24) is 0 Å². The fourth-order valence-corrected chi connectivity index (χ4v) is 1.51. The summed E-state index contributed by atoms with van der Waals surface area (Å²) in [5.74, 6) is 4.88. The summed E-state index contributed by atoms with van der Waals surface area (Å²) in [4.78, 5) is 22.7. The standard InChI is InChI=1S/C15H11NO4/c17-8-2-4-11-3-1-5-13(9-11)16-15(19)12-6-7-14(18)20-10-12/h1,3,5-7,9-10,17H,8H2,(H,16,19). The highest BCUT2D eigenvalue weighted by Crippen LogP contribution is 2.11. The predicted molar refractivity (Wildman–Crippen MR) is 73.3 cm³/mol. The van der Waals surface area contributed by atoms with Crippen molar-refractivity contribution in [1.29, 1.82) is 0 Å². The van der Waals surface area contributed by atoms with Crippen molar-refractivity contribution in [2.45, 2.75) is 0 Å². The monoisotopic (exact) mass is 269 g/mol. The molecule has 20 heavy (non-hydrogen) atoms. The van der Waals surface area contributed by atoms with Crippen molar-refractivity contribution in [3.63, 3.8) is 0 Å². The largest absolute Gasteiger partial charge is 0.430 e. The van der Waals surface area contributed by atoms with E-state index in [4.69, 9.17) is 5.11 Å². The third kappa shape index (κ3) is 3.57. The van der Waals surface area contributed by atoms with Gasteiger partial charge in [0.15, 0.2) is 0 Å². The molecule has 0 atom stereocenters. The number of amides is 1. The summed E-state index contributed by atoms with van der Waals surface area (Å²) in [5.41, 5.74) is 0.974. The normalized spacial score (nSPS) is 9.45. The summed E-state index contributed by atoms with van der Waals surface area (Å²) >= 11 is 0. The minimum Gasteiger partial charge on any atom is -0.430 e. The minimum atomic E-state index is -0.511. The van der Waals surface area contributed by atoms with E-state index < -0.39 is 5.63 Å². The lowest BCUT2D eigenvalue weighted by Crippen LogP contribution is -2.12. The van der Waals surface area contributed by atoms with Crippen molar-refractivity contribution in [3.8, 4) is 11.8 Å². The molecule has 2 aromatic rings. The first-order valence-corrected chi connectivity index (χ1v) is 5.79. The Balaban J connectivity index is 2.15. The van der Waals surface area contributed by atoms with E-state index >= 15 is 0 Å². The first-order valence-electron chi connectivity index (χ1n) is 5.79. The molecule has 0 aliphatic rings. The fourth-order valence-electron chi connectivity index (χ4n) is 1.51. The lowest BCUT2D eigenvalue weighted by molar-refractivity contribution is 0.102. The molecule has 0 unspecified atom stereocenters. The van der Waals surface area contributed by atoms with Gasteiger partial charge in [-0.15, -0.1) is 0 Å². The fraction of sp³-hybridized carbons (Fsp3) is 0.0667. The summed E-state index contributed by atoms with van der Waals surface area (Å²) in [6.45, 7) is -0.223. The Kier molecular flexibility index (Phi) is 4.32. The van der Waals surface area contributed by atoms with Crippen LogP contribution in [0.1, 0.15) is 15.9 Å². The van der Waals surface area contributed by atoms with Gasteiger partial charge < -0.3 is 14.8 Å². The van der Waals surface area contributed by atoms with Gasteiger partial charge in [-0.25, -0.2) is 4.79 Å². The first kappa shape index (κ1) is 13.6. The zero-order chi connectivity index (χ0) is 14.4. The van der Waals surface area contributed by atoms with Crippen LogP contribution in [-0.2, 0) is 0 Å². The summed E-state index contributed by atoms with van der Waals surface area (Å²) in [5, 5.41) is 11.3. The van der Waals surface area contributed by atoms with E-state index in [1.54, 1.807) is 24.3 Å². The van der Waals surface area contributed by atoms with Crippen LogP contribution in [0.4, 0.5) is 5.69 Å². The van der Waals surface area contributed by atoms with Crippen molar-refractivity contribution in [2.75, 3.05) is 11.9 Å². The maximum atomic E-state index is 11.9. The van der Waals surface area contributed by atoms with Crippen LogP contribution >= 0.6 is 0 Å². The summed E-state index contributed by atoms with van der Waals surface area (Å²) in [7, 11) is 0. The van der Waals surface area contributed by atoms with E-state index in [0.29, 0.717) is 11.3 Å². The molecule has 0 fully saturated rings. The average Bonchev–Trinajstić information content (AvgIpc) is 2.46. The Morgan fingerprint density at radius 1 is 1.30 bits per heavy atom. The highest BCUT2D eigenvalue weighted by molar-refractivity contribution is 6.03. The van der Waals surface area contributed by atoms with Crippen molar-refractivity contribution in [2.24, 2.45) is 0 Å². The number of benzene rings is 1. The highest BCUT2D eigenvalue weighted by atomic mass is 16.4. The highest BCUT2D eigenvalue weighted by Gasteiger charge is 2.06. The van der Waals surface area contributed by atoms with Crippen LogP contribution in [0.2, 0.25) is 0 Å². The number of anilines is 1. The van der Waals surface area contributed by atoms with Gasteiger partial charge in [0.05, 0.1) is 5.56 Å². The van der Waals surface area contributed by atoms with Crippen molar-refractivity contribution >= 4 is 11.6 Å². The third-order valence-corrected chi connectivity index (χ3v) is 2.40. The number of carbonyl (C=O) groups excluding carboxylic acids is 1. The van der Waals surface area contributed by atoms with E-state index in [9.17, 15) is 9.59 Å². The Hall–Kier alpha value is -2.84. The molecule has 0 saturated carbocycles. The lowest BCUT2D eigenvalue weighted by atomic mass is 10.2. The molecular formula is C15H11NO4. The topological polar surface area (TPSA) is 79.5 Å². The van der Waals surface area contributed by atoms with Gasteiger partial charge in [-0.05, 0) is 24.3 Å². The molecule has 0 spiro atoms. The number of rotatable bonds is 2. The second-order valence-electron chi connectivity index (χ2n) is 3.84. The van der Waals surface area contributed by atoms with Gasteiger partial charge in [0.2, 0.25) is 0 Å². The van der Waals surface area contributed by atoms with Gasteiger partial charge in [0.25, 0.3) is 5.91 Å². The quantitative estimate of drug-likeness (QED) is 0.804. The molecule has 5 nitrogen and oxygen atoms in total. The minimum absolute atomic E-state index is 0.223. The molecule has 0 aliphatic carbocycles. The van der Waals surface area contributed by atoms with Gasteiger partial charge in [-0.3, -0.25) is 4.79 Å². The molecule has 1 aromatic heterocycles. The Morgan fingerprint density at radius 2 is 2.15 bits per heavy atom. The van der Waals surface area contributed by atoms with Crippen LogP contribution < -0.4 is 10.9 Å². The van der Waals surface area contributed by atoms with Gasteiger partial charge in [0.1, 0.15) is 12.9 Å². The molecule has 0 radical (unpaired) electrons. The number of nitrogens with one attached hydrogen (secondary N) is 1. The first-order chi connectivity index (χ1) is 9.69. The molecule has 2 rings (SSSR count). The average molecular weight is 269 g/mol. The van der Waals surface area contributed by atoms with Crippen LogP contribution in [-0.4, -0.2) is 17.6 Å². The number of aliphatic hydroxyl groups is 1. The maximum absolute atomic E-state index is 11.9. The molecule has 0 bridgehead atoms. The van der Waals surface area contributed by atoms with Crippen LogP contribution in [0, 0.1) is 11.8 Å². The van der Waals surface area contributed by atoms with Crippen LogP contribution in [0.5, 0.6) is 0 Å². The van der Waals surface area contributed by atoms with E-state index in [1.807, 2.05) is 0 Å². The Bertz CT molecular complexity index is 717. The lowest BCUT2D eigenvalue weighted by Gasteiger charge is -2.04. The van der Waals surface area contributed by atoms with Gasteiger partial charge in [0, 0.05) is 17.3 Å². The zero-order valence-corrected chi connectivity index (χ0v) is 10.4. The van der Waals surface area contributed by atoms with E-state index in [2.05, 4.69) is 21.6 Å². The number of aliphatic hydroxyl groups excluding tert-OH is 1. The Labute approximate surface area is 114 Å². The number of hydrogen-bond donors (Lipinski definition) is 2. The van der Waals surface area contributed by atoms with E-state index in [-0.39, 0.29) is 18.1 Å². The van der Waals surface area contributed by atoms with Crippen molar-refractivity contribution < 1.29 is 14.3 Å². The molecule has 5 heteroatoms. The third-order valence-electron chi connectivity index (χ3n) is 2.40. The Morgan fingerprint density at radius 3 is 2.85 bits per heavy atom.